The molecule has 0 spiro atoms. The number of hydrogen-bond acceptors (Lipinski definition) is 3. The molecule has 0 aromatic heterocycles. The van der Waals surface area contributed by atoms with Crippen molar-refractivity contribution in [1.82, 2.24) is 0 Å². The first-order chi connectivity index (χ1) is 14.8. The number of rotatable bonds is 8. The van der Waals surface area contributed by atoms with Crippen LogP contribution < -0.4 is 9.47 Å². The van der Waals surface area contributed by atoms with Crippen molar-refractivity contribution in [1.29, 1.82) is 0 Å². The fourth-order valence-corrected chi connectivity index (χ4v) is 3.30. The minimum atomic E-state index is 0.381. The SMILES string of the molecule is O=Cc1cccc(-c2ccccc2OCc2ccccc2)c1OCc1ccccc1. The molecular formula is C27H22O3. The molecule has 0 amide bonds. The summed E-state index contributed by atoms with van der Waals surface area (Å²) in [6.07, 6.45) is 0.831. The highest BCUT2D eigenvalue weighted by Crippen LogP contribution is 2.38. The standard InChI is InChI=1S/C27H22O3/c28-18-23-14-9-16-25(27(23)30-20-22-12-5-2-6-13-22)24-15-7-8-17-26(24)29-19-21-10-3-1-4-11-21/h1-18H,19-20H2. The van der Waals surface area contributed by atoms with E-state index in [-0.39, 0.29) is 0 Å². The normalized spacial score (nSPS) is 10.4. The lowest BCUT2D eigenvalue weighted by atomic mass is 10.0. The summed E-state index contributed by atoms with van der Waals surface area (Å²) >= 11 is 0. The third-order valence-corrected chi connectivity index (χ3v) is 4.81. The molecule has 0 unspecified atom stereocenters. The van der Waals surface area contributed by atoms with Crippen molar-refractivity contribution in [3.63, 3.8) is 0 Å². The number of benzene rings is 4. The third kappa shape index (κ3) is 4.58. The summed E-state index contributed by atoms with van der Waals surface area (Å²) in [5, 5.41) is 0. The highest BCUT2D eigenvalue weighted by molar-refractivity contribution is 5.87. The third-order valence-electron chi connectivity index (χ3n) is 4.81. The predicted molar refractivity (Wildman–Crippen MR) is 119 cm³/mol. The molecule has 0 aliphatic heterocycles. The molecule has 0 atom stereocenters. The van der Waals surface area contributed by atoms with Crippen LogP contribution in [0.5, 0.6) is 11.5 Å². The van der Waals surface area contributed by atoms with Crippen LogP contribution in [0.25, 0.3) is 11.1 Å². The molecule has 4 aromatic carbocycles. The molecule has 0 bridgehead atoms. The highest BCUT2D eigenvalue weighted by atomic mass is 16.5. The molecule has 0 aliphatic rings. The van der Waals surface area contributed by atoms with E-state index in [1.807, 2.05) is 97.1 Å². The molecule has 4 aromatic rings. The van der Waals surface area contributed by atoms with Gasteiger partial charge >= 0.3 is 0 Å². The maximum Gasteiger partial charge on any atom is 0.153 e. The number of para-hydroxylation sites is 2. The zero-order valence-corrected chi connectivity index (χ0v) is 16.5. The lowest BCUT2D eigenvalue weighted by molar-refractivity contribution is 0.111. The van der Waals surface area contributed by atoms with Crippen LogP contribution in [0.4, 0.5) is 0 Å². The van der Waals surface area contributed by atoms with E-state index < -0.39 is 0 Å². The van der Waals surface area contributed by atoms with E-state index >= 15 is 0 Å². The monoisotopic (exact) mass is 394 g/mol. The summed E-state index contributed by atoms with van der Waals surface area (Å²) in [7, 11) is 0. The molecule has 148 valence electrons. The van der Waals surface area contributed by atoms with Gasteiger partial charge in [-0.3, -0.25) is 4.79 Å². The number of carbonyl (C=O) groups is 1. The molecule has 0 saturated heterocycles. The van der Waals surface area contributed by atoms with Crippen molar-refractivity contribution < 1.29 is 14.3 Å². The molecular weight excluding hydrogens is 372 g/mol. The fraction of sp³-hybridized carbons (Fsp3) is 0.0741. The second kappa shape index (κ2) is 9.57. The maximum absolute atomic E-state index is 11.7. The number of carbonyl (C=O) groups excluding carboxylic acids is 1. The van der Waals surface area contributed by atoms with Gasteiger partial charge in [0.1, 0.15) is 24.7 Å². The summed E-state index contributed by atoms with van der Waals surface area (Å²) in [6.45, 7) is 0.844. The minimum absolute atomic E-state index is 0.381. The Bertz CT molecular complexity index is 1110. The zero-order valence-electron chi connectivity index (χ0n) is 16.5. The van der Waals surface area contributed by atoms with Gasteiger partial charge in [-0.1, -0.05) is 91.0 Å². The van der Waals surface area contributed by atoms with Crippen LogP contribution in [0.2, 0.25) is 0 Å². The largest absolute Gasteiger partial charge is 0.488 e. The predicted octanol–water partition coefficient (Wildman–Crippen LogP) is 6.32. The van der Waals surface area contributed by atoms with Crippen molar-refractivity contribution in [2.45, 2.75) is 13.2 Å². The van der Waals surface area contributed by atoms with Gasteiger partial charge in [-0.2, -0.15) is 0 Å². The van der Waals surface area contributed by atoms with Crippen molar-refractivity contribution in [3.05, 3.63) is 120 Å². The lowest BCUT2D eigenvalue weighted by Crippen LogP contribution is -2.02. The minimum Gasteiger partial charge on any atom is -0.488 e. The smallest absolute Gasteiger partial charge is 0.153 e. The van der Waals surface area contributed by atoms with Crippen LogP contribution >= 0.6 is 0 Å². The van der Waals surface area contributed by atoms with E-state index in [2.05, 4.69) is 0 Å². The number of hydrogen-bond donors (Lipinski definition) is 0. The topological polar surface area (TPSA) is 35.5 Å². The summed E-state index contributed by atoms with van der Waals surface area (Å²) in [5.41, 5.74) is 4.37. The molecule has 0 fully saturated rings. The van der Waals surface area contributed by atoms with Gasteiger partial charge in [-0.05, 0) is 23.3 Å². The van der Waals surface area contributed by atoms with Crippen molar-refractivity contribution in [2.75, 3.05) is 0 Å². The Balaban J connectivity index is 1.66. The van der Waals surface area contributed by atoms with E-state index in [0.29, 0.717) is 24.5 Å². The molecule has 3 heteroatoms. The van der Waals surface area contributed by atoms with Gasteiger partial charge in [-0.15, -0.1) is 0 Å². The first-order valence-electron chi connectivity index (χ1n) is 9.86. The van der Waals surface area contributed by atoms with Crippen LogP contribution in [0, 0.1) is 0 Å². The molecule has 4 rings (SSSR count). The van der Waals surface area contributed by atoms with E-state index in [0.717, 1.165) is 34.3 Å². The Morgan fingerprint density at radius 3 is 1.80 bits per heavy atom. The molecule has 3 nitrogen and oxygen atoms in total. The molecule has 0 radical (unpaired) electrons. The van der Waals surface area contributed by atoms with E-state index in [1.165, 1.54) is 0 Å². The summed E-state index contributed by atoms with van der Waals surface area (Å²) in [5.74, 6) is 1.31. The van der Waals surface area contributed by atoms with E-state index in [4.69, 9.17) is 9.47 Å². The summed E-state index contributed by atoms with van der Waals surface area (Å²) < 4.78 is 12.3. The average molecular weight is 394 g/mol. The van der Waals surface area contributed by atoms with Gasteiger partial charge in [0.05, 0.1) is 5.56 Å². The lowest BCUT2D eigenvalue weighted by Gasteiger charge is -2.17. The highest BCUT2D eigenvalue weighted by Gasteiger charge is 2.15. The van der Waals surface area contributed by atoms with Gasteiger partial charge in [0.2, 0.25) is 0 Å². The average Bonchev–Trinajstić information content (AvgIpc) is 2.82. The molecule has 0 aliphatic carbocycles. The summed E-state index contributed by atoms with van der Waals surface area (Å²) in [4.78, 5) is 11.7. The van der Waals surface area contributed by atoms with Crippen LogP contribution in [-0.2, 0) is 13.2 Å². The molecule has 0 N–H and O–H groups in total. The van der Waals surface area contributed by atoms with E-state index in [1.54, 1.807) is 6.07 Å². The Morgan fingerprint density at radius 1 is 0.567 bits per heavy atom. The first kappa shape index (κ1) is 19.5. The van der Waals surface area contributed by atoms with Gasteiger partial charge in [-0.25, -0.2) is 0 Å². The molecule has 30 heavy (non-hydrogen) atoms. The second-order valence-corrected chi connectivity index (χ2v) is 6.89. The molecule has 0 heterocycles. The summed E-state index contributed by atoms with van der Waals surface area (Å²) in [6, 6.07) is 33.4. The van der Waals surface area contributed by atoms with Gasteiger partial charge in [0.25, 0.3) is 0 Å². The van der Waals surface area contributed by atoms with Crippen LogP contribution in [-0.4, -0.2) is 6.29 Å². The zero-order chi connectivity index (χ0) is 20.6. The Morgan fingerprint density at radius 2 is 1.13 bits per heavy atom. The Labute approximate surface area is 176 Å². The molecule has 0 saturated carbocycles. The second-order valence-electron chi connectivity index (χ2n) is 6.89. The Kier molecular flexibility index (Phi) is 6.21. The first-order valence-corrected chi connectivity index (χ1v) is 9.86. The van der Waals surface area contributed by atoms with E-state index in [9.17, 15) is 4.79 Å². The van der Waals surface area contributed by atoms with Gasteiger partial charge in [0.15, 0.2) is 6.29 Å². The fourth-order valence-electron chi connectivity index (χ4n) is 3.30. The van der Waals surface area contributed by atoms with Crippen LogP contribution in [0.3, 0.4) is 0 Å². The maximum atomic E-state index is 11.7. The van der Waals surface area contributed by atoms with Crippen molar-refractivity contribution >= 4 is 6.29 Å². The van der Waals surface area contributed by atoms with Crippen LogP contribution in [0.1, 0.15) is 21.5 Å². The van der Waals surface area contributed by atoms with Crippen molar-refractivity contribution in [2.24, 2.45) is 0 Å². The number of aldehydes is 1. The van der Waals surface area contributed by atoms with Gasteiger partial charge < -0.3 is 9.47 Å². The van der Waals surface area contributed by atoms with Crippen LogP contribution in [0.15, 0.2) is 103 Å². The van der Waals surface area contributed by atoms with Gasteiger partial charge in [0, 0.05) is 11.1 Å². The Hall–Kier alpha value is -3.85. The quantitative estimate of drug-likeness (QED) is 0.328. The van der Waals surface area contributed by atoms with Crippen molar-refractivity contribution in [3.8, 4) is 22.6 Å². The number of ether oxygens (including phenoxy) is 2.